The van der Waals surface area contributed by atoms with Gasteiger partial charge in [-0.25, -0.2) is 9.97 Å². The predicted molar refractivity (Wildman–Crippen MR) is 297 cm³/mol. The van der Waals surface area contributed by atoms with Crippen LogP contribution < -0.4 is 10.7 Å². The Kier molecular flexibility index (Phi) is 10.7. The zero-order valence-corrected chi connectivity index (χ0v) is 39.3. The van der Waals surface area contributed by atoms with Crippen molar-refractivity contribution < 1.29 is 9.21 Å². The van der Waals surface area contributed by atoms with E-state index in [-0.39, 0.29) is 11.3 Å². The minimum atomic E-state index is -0.203. The maximum absolute atomic E-state index is 13.8. The van der Waals surface area contributed by atoms with Crippen LogP contribution in [0.5, 0.6) is 0 Å². The van der Waals surface area contributed by atoms with Crippen molar-refractivity contribution >= 4 is 74.0 Å². The zero-order chi connectivity index (χ0) is 48.8. The smallest absolute Gasteiger partial charge is 0.251 e. The molecule has 0 spiro atoms. The van der Waals surface area contributed by atoms with Gasteiger partial charge in [-0.1, -0.05) is 158 Å². The van der Waals surface area contributed by atoms with Gasteiger partial charge in [0, 0.05) is 73.4 Å². The molecule has 0 radical (unpaired) electrons. The highest BCUT2D eigenvalue weighted by atomic mass is 16.3. The zero-order valence-electron chi connectivity index (χ0n) is 39.3. The Morgan fingerprint density at radius 1 is 0.438 bits per heavy atom. The number of hydrogen-bond acceptors (Lipinski definition) is 5. The average Bonchev–Trinajstić information content (AvgIpc) is 4.30. The van der Waals surface area contributed by atoms with E-state index in [9.17, 15) is 9.59 Å². The molecule has 1 amide bonds. The molecule has 0 saturated carbocycles. The molecule has 2 aliphatic rings. The average molecular weight is 942 g/mol. The minimum Gasteiger partial charge on any atom is -0.455 e. The van der Waals surface area contributed by atoms with Crippen LogP contribution in [0.25, 0.3) is 124 Å². The van der Waals surface area contributed by atoms with Crippen molar-refractivity contribution in [3.8, 4) is 55.8 Å². The van der Waals surface area contributed by atoms with E-state index in [4.69, 9.17) is 14.4 Å². The molecule has 8 heteroatoms. The van der Waals surface area contributed by atoms with Crippen LogP contribution >= 0.6 is 0 Å². The number of carbonyl (C=O) groups is 1. The van der Waals surface area contributed by atoms with Crippen LogP contribution in [0.4, 0.5) is 0 Å². The van der Waals surface area contributed by atoms with E-state index in [0.717, 1.165) is 111 Å². The van der Waals surface area contributed by atoms with Crippen LogP contribution in [0.1, 0.15) is 38.7 Å². The maximum Gasteiger partial charge on any atom is 0.251 e. The Labute approximate surface area is 419 Å². The summed E-state index contributed by atoms with van der Waals surface area (Å²) in [6.45, 7) is 0.310. The summed E-state index contributed by atoms with van der Waals surface area (Å²) in [5, 5.41) is 5.54. The third kappa shape index (κ3) is 8.03. The maximum atomic E-state index is 13.8. The standard InChI is InChI=1S/C65H43N5O3/c71-58-38-59(73-64-48-19-11-10-12-41(48)28-29-49(58)64)42-22-20-40(21-23-42)39-66-65(72)47-26-24-46(25-27-47)63-56-36-34-54(69-56)61(44-15-6-2-7-16-44)52-32-30-50(67-52)60(43-13-4-1-5-14-43)51-31-33-53(68-51)62(45-17-8-3-9-18-45)55-35-37-57(63)70-55/h1-38,67,70H,39H2,(H,66,72). The number of hydrogen-bond donors (Lipinski definition) is 3. The van der Waals surface area contributed by atoms with E-state index in [1.165, 1.54) is 6.07 Å². The van der Waals surface area contributed by atoms with E-state index in [1.54, 1.807) is 0 Å². The highest BCUT2D eigenvalue weighted by Crippen LogP contribution is 2.39. The summed E-state index contributed by atoms with van der Waals surface area (Å²) in [6.07, 6.45) is 8.37. The SMILES string of the molecule is O=C(NCc1ccc(-c2cc(=O)c3ccc4ccccc4c3o2)cc1)c1ccc(-c2c3nc(c(-c4ccccc4)c4ccc([nH]4)c(-c4ccccc4)c4nc(c(-c5ccccc5)c5ccc2[nH]5)C=C4)C=C3)cc1. The van der Waals surface area contributed by atoms with Gasteiger partial charge in [-0.3, -0.25) is 9.59 Å². The summed E-state index contributed by atoms with van der Waals surface area (Å²) in [4.78, 5) is 45.4. The Hall–Kier alpha value is -9.92. The summed E-state index contributed by atoms with van der Waals surface area (Å²) in [5.74, 6) is 0.285. The molecule has 0 atom stereocenters. The van der Waals surface area contributed by atoms with Gasteiger partial charge in [0.05, 0.1) is 28.2 Å². The highest BCUT2D eigenvalue weighted by molar-refractivity contribution is 6.05. The van der Waals surface area contributed by atoms with Crippen LogP contribution in [-0.4, -0.2) is 25.8 Å². The second kappa shape index (κ2) is 18.1. The van der Waals surface area contributed by atoms with E-state index in [2.05, 4.69) is 137 Å². The van der Waals surface area contributed by atoms with Crippen LogP contribution in [0, 0.1) is 0 Å². The van der Waals surface area contributed by atoms with E-state index < -0.39 is 0 Å². The third-order valence-corrected chi connectivity index (χ3v) is 13.7. The molecular weight excluding hydrogens is 899 g/mol. The van der Waals surface area contributed by atoms with Gasteiger partial charge in [0.1, 0.15) is 11.3 Å². The normalized spacial score (nSPS) is 11.9. The second-order valence-electron chi connectivity index (χ2n) is 18.2. The van der Waals surface area contributed by atoms with E-state index >= 15 is 0 Å². The summed E-state index contributed by atoms with van der Waals surface area (Å²) >= 11 is 0. The van der Waals surface area contributed by atoms with Crippen LogP contribution in [0.2, 0.25) is 0 Å². The van der Waals surface area contributed by atoms with Gasteiger partial charge in [-0.15, -0.1) is 0 Å². The number of fused-ring (bicyclic) bond motifs is 11. The molecular formula is C65H43N5O3. The summed E-state index contributed by atoms with van der Waals surface area (Å²) in [7, 11) is 0. The topological polar surface area (TPSA) is 117 Å². The quantitative estimate of drug-likeness (QED) is 0.131. The molecule has 346 valence electrons. The molecule has 0 aliphatic carbocycles. The lowest BCUT2D eigenvalue weighted by Gasteiger charge is -2.09. The fourth-order valence-electron chi connectivity index (χ4n) is 10.1. The molecule has 7 aromatic carbocycles. The van der Waals surface area contributed by atoms with Gasteiger partial charge < -0.3 is 19.7 Å². The van der Waals surface area contributed by atoms with Crippen molar-refractivity contribution in [1.82, 2.24) is 25.3 Å². The van der Waals surface area contributed by atoms with Gasteiger partial charge in [-0.05, 0) is 100.0 Å². The first-order valence-electron chi connectivity index (χ1n) is 24.3. The molecule has 11 aromatic rings. The first kappa shape index (κ1) is 43.1. The van der Waals surface area contributed by atoms with Crippen molar-refractivity contribution in [3.63, 3.8) is 0 Å². The number of aromatic nitrogens is 4. The number of amides is 1. The van der Waals surface area contributed by atoms with Crippen LogP contribution in [0.15, 0.2) is 215 Å². The third-order valence-electron chi connectivity index (χ3n) is 13.7. The van der Waals surface area contributed by atoms with Crippen LogP contribution in [-0.2, 0) is 6.54 Å². The molecule has 0 saturated heterocycles. The number of rotatable bonds is 8. The number of H-pyrrole nitrogens is 2. The number of nitrogens with one attached hydrogen (secondary N) is 3. The lowest BCUT2D eigenvalue weighted by molar-refractivity contribution is 0.0951. The highest BCUT2D eigenvalue weighted by Gasteiger charge is 2.20. The molecule has 4 aromatic heterocycles. The van der Waals surface area contributed by atoms with Gasteiger partial charge in [0.2, 0.25) is 0 Å². The molecule has 73 heavy (non-hydrogen) atoms. The van der Waals surface area contributed by atoms with Gasteiger partial charge in [0.25, 0.3) is 5.91 Å². The number of nitrogens with zero attached hydrogens (tertiary/aromatic N) is 2. The monoisotopic (exact) mass is 941 g/mol. The molecule has 2 aliphatic heterocycles. The summed E-state index contributed by atoms with van der Waals surface area (Å²) in [5.41, 5.74) is 17.4. The minimum absolute atomic E-state index is 0.0958. The first-order valence-corrected chi connectivity index (χ1v) is 24.3. The van der Waals surface area contributed by atoms with Crippen molar-refractivity contribution in [3.05, 3.63) is 250 Å². The number of carbonyl (C=O) groups excluding carboxylic acids is 1. The Morgan fingerprint density at radius 3 is 1.37 bits per heavy atom. The van der Waals surface area contributed by atoms with Gasteiger partial charge in [0.15, 0.2) is 5.43 Å². The molecule has 13 rings (SSSR count). The van der Waals surface area contributed by atoms with Crippen molar-refractivity contribution in [2.24, 2.45) is 0 Å². The van der Waals surface area contributed by atoms with Crippen LogP contribution in [0.3, 0.4) is 0 Å². The van der Waals surface area contributed by atoms with Gasteiger partial charge in [-0.2, -0.15) is 0 Å². The molecule has 6 heterocycles. The summed E-state index contributed by atoms with van der Waals surface area (Å²) < 4.78 is 6.35. The van der Waals surface area contributed by atoms with E-state index in [0.29, 0.717) is 28.8 Å². The predicted octanol–water partition coefficient (Wildman–Crippen LogP) is 15.2. The molecule has 0 fully saturated rings. The lowest BCUT2D eigenvalue weighted by Crippen LogP contribution is -2.22. The number of aromatic amines is 2. The lowest BCUT2D eigenvalue weighted by atomic mass is 10.0. The van der Waals surface area contributed by atoms with Crippen molar-refractivity contribution in [2.45, 2.75) is 6.54 Å². The van der Waals surface area contributed by atoms with Crippen molar-refractivity contribution in [1.29, 1.82) is 0 Å². The van der Waals surface area contributed by atoms with Crippen molar-refractivity contribution in [2.75, 3.05) is 0 Å². The van der Waals surface area contributed by atoms with Gasteiger partial charge >= 0.3 is 0 Å². The Bertz CT molecular complexity index is 4230. The fourth-order valence-corrected chi connectivity index (χ4v) is 10.1. The molecule has 8 bridgehead atoms. The molecule has 8 nitrogen and oxygen atoms in total. The first-order chi connectivity index (χ1) is 36.0. The fraction of sp³-hybridized carbons (Fsp3) is 0.0154. The summed E-state index contributed by atoms with van der Waals surface area (Å²) in [6, 6.07) is 68.2. The Morgan fingerprint density at radius 2 is 0.877 bits per heavy atom. The van der Waals surface area contributed by atoms with E-state index in [1.807, 2.05) is 103 Å². The number of benzene rings is 7. The largest absolute Gasteiger partial charge is 0.455 e. The Balaban J connectivity index is 0.889. The molecule has 3 N–H and O–H groups in total. The second-order valence-corrected chi connectivity index (χ2v) is 18.2. The molecule has 0 unspecified atom stereocenters.